The van der Waals surface area contributed by atoms with Crippen molar-refractivity contribution in [3.63, 3.8) is 0 Å². The van der Waals surface area contributed by atoms with Crippen molar-refractivity contribution in [2.45, 2.75) is 71.7 Å². The van der Waals surface area contributed by atoms with Crippen molar-refractivity contribution in [2.24, 2.45) is 5.92 Å². The summed E-state index contributed by atoms with van der Waals surface area (Å²) in [6.45, 7) is 14.0. The van der Waals surface area contributed by atoms with Gasteiger partial charge in [-0.25, -0.2) is 4.79 Å². The molecule has 2 aliphatic rings. The Balaban J connectivity index is 2.02. The van der Waals surface area contributed by atoms with Crippen LogP contribution in [0.15, 0.2) is 0 Å². The number of rotatable bonds is 1. The molecule has 0 N–H and O–H groups in total. The maximum absolute atomic E-state index is 12.2. The van der Waals surface area contributed by atoms with E-state index < -0.39 is 5.60 Å². The molecule has 2 fully saturated rings. The van der Waals surface area contributed by atoms with Crippen LogP contribution in [-0.2, 0) is 14.3 Å². The van der Waals surface area contributed by atoms with E-state index in [9.17, 15) is 9.59 Å². The van der Waals surface area contributed by atoms with E-state index >= 15 is 0 Å². The lowest BCUT2D eigenvalue weighted by Gasteiger charge is -2.50. The first-order valence-electron chi connectivity index (χ1n) is 8.93. The molecule has 2 saturated heterocycles. The highest BCUT2D eigenvalue weighted by Gasteiger charge is 2.45. The fourth-order valence-electron chi connectivity index (χ4n) is 3.31. The minimum Gasteiger partial charge on any atom is -0.444 e. The lowest BCUT2D eigenvalue weighted by atomic mass is 9.87. The summed E-state index contributed by atoms with van der Waals surface area (Å²) in [7, 11) is 0. The van der Waals surface area contributed by atoms with Crippen LogP contribution in [0.25, 0.3) is 0 Å². The smallest absolute Gasteiger partial charge is 0.410 e. The highest BCUT2D eigenvalue weighted by atomic mass is 16.6. The number of morpholine rings is 1. The number of amides is 2. The van der Waals surface area contributed by atoms with Gasteiger partial charge in [0.15, 0.2) is 0 Å². The first kappa shape index (κ1) is 19.0. The zero-order valence-electron chi connectivity index (χ0n) is 15.9. The monoisotopic (exact) mass is 340 g/mol. The van der Waals surface area contributed by atoms with Crippen molar-refractivity contribution >= 4 is 12.0 Å². The van der Waals surface area contributed by atoms with Gasteiger partial charge in [0, 0.05) is 33.1 Å². The molecule has 1 spiro atoms. The van der Waals surface area contributed by atoms with E-state index in [0.29, 0.717) is 32.1 Å². The summed E-state index contributed by atoms with van der Waals surface area (Å²) in [4.78, 5) is 27.8. The average molecular weight is 340 g/mol. The molecule has 1 unspecified atom stereocenters. The van der Waals surface area contributed by atoms with Crippen molar-refractivity contribution in [1.29, 1.82) is 0 Å². The number of likely N-dealkylation sites (tertiary alicyclic amines) is 1. The maximum Gasteiger partial charge on any atom is 0.410 e. The normalized spacial score (nSPS) is 24.4. The molecule has 2 heterocycles. The first-order valence-corrected chi connectivity index (χ1v) is 8.93. The van der Waals surface area contributed by atoms with Crippen LogP contribution in [0.3, 0.4) is 0 Å². The molecule has 0 saturated carbocycles. The van der Waals surface area contributed by atoms with Crippen molar-refractivity contribution < 1.29 is 19.1 Å². The minimum absolute atomic E-state index is 0.0516. The van der Waals surface area contributed by atoms with Gasteiger partial charge in [0.1, 0.15) is 5.60 Å². The Morgan fingerprint density at radius 1 is 1.17 bits per heavy atom. The van der Waals surface area contributed by atoms with Crippen LogP contribution in [0.2, 0.25) is 0 Å². The Morgan fingerprint density at radius 2 is 1.75 bits per heavy atom. The molecule has 2 amide bonds. The number of carbonyl (C=O) groups excluding carboxylic acids is 2. The molecule has 0 radical (unpaired) electrons. The second kappa shape index (κ2) is 6.90. The Hall–Kier alpha value is -1.30. The van der Waals surface area contributed by atoms with E-state index in [-0.39, 0.29) is 23.7 Å². The molecule has 2 rings (SSSR count). The van der Waals surface area contributed by atoms with E-state index in [1.807, 2.05) is 25.7 Å². The molecular weight excluding hydrogens is 308 g/mol. The summed E-state index contributed by atoms with van der Waals surface area (Å²) in [6.07, 6.45) is 1.26. The van der Waals surface area contributed by atoms with E-state index in [2.05, 4.69) is 13.8 Å². The van der Waals surface area contributed by atoms with Crippen molar-refractivity contribution in [2.75, 3.05) is 26.2 Å². The van der Waals surface area contributed by atoms with E-state index in [4.69, 9.17) is 9.47 Å². The molecule has 0 aromatic carbocycles. The van der Waals surface area contributed by atoms with Gasteiger partial charge in [-0.3, -0.25) is 4.79 Å². The summed E-state index contributed by atoms with van der Waals surface area (Å²) >= 11 is 0. The lowest BCUT2D eigenvalue weighted by Crippen LogP contribution is -2.61. The van der Waals surface area contributed by atoms with Gasteiger partial charge in [0.2, 0.25) is 5.91 Å². The summed E-state index contributed by atoms with van der Waals surface area (Å²) in [6, 6.07) is 0. The van der Waals surface area contributed by atoms with Gasteiger partial charge in [0.05, 0.1) is 11.7 Å². The molecule has 6 nitrogen and oxygen atoms in total. The minimum atomic E-state index is -0.484. The van der Waals surface area contributed by atoms with Crippen LogP contribution in [0.5, 0.6) is 0 Å². The van der Waals surface area contributed by atoms with E-state index in [1.54, 1.807) is 11.8 Å². The average Bonchev–Trinajstić information content (AvgIpc) is 2.45. The largest absolute Gasteiger partial charge is 0.444 e. The van der Waals surface area contributed by atoms with E-state index in [1.165, 1.54) is 0 Å². The van der Waals surface area contributed by atoms with Crippen LogP contribution >= 0.6 is 0 Å². The molecule has 0 aliphatic carbocycles. The van der Waals surface area contributed by atoms with Gasteiger partial charge in [-0.1, -0.05) is 13.8 Å². The number of hydrogen-bond acceptors (Lipinski definition) is 4. The number of carbonyl (C=O) groups is 2. The predicted octanol–water partition coefficient (Wildman–Crippen LogP) is 2.66. The standard InChI is InChI=1S/C18H32N2O4/c1-13(2)15-11-20(14(3)21)12-18(23-15)7-9-19(10-8-18)16(22)24-17(4,5)6/h13,15H,7-12H2,1-6H3. The molecule has 138 valence electrons. The third-order valence-electron chi connectivity index (χ3n) is 4.80. The fraction of sp³-hybridized carbons (Fsp3) is 0.889. The molecule has 0 aromatic rings. The number of nitrogens with zero attached hydrogens (tertiary/aromatic N) is 2. The summed E-state index contributed by atoms with van der Waals surface area (Å²) in [5.41, 5.74) is -0.820. The van der Waals surface area contributed by atoms with Gasteiger partial charge in [-0.15, -0.1) is 0 Å². The third-order valence-corrected chi connectivity index (χ3v) is 4.80. The zero-order chi connectivity index (χ0) is 18.1. The molecule has 0 bridgehead atoms. The maximum atomic E-state index is 12.2. The Labute approximate surface area is 145 Å². The molecule has 0 aromatic heterocycles. The fourth-order valence-corrected chi connectivity index (χ4v) is 3.31. The van der Waals surface area contributed by atoms with Gasteiger partial charge in [-0.05, 0) is 39.5 Å². The third kappa shape index (κ3) is 4.62. The van der Waals surface area contributed by atoms with E-state index in [0.717, 1.165) is 12.8 Å². The van der Waals surface area contributed by atoms with Crippen LogP contribution in [0, 0.1) is 5.92 Å². The van der Waals surface area contributed by atoms with Gasteiger partial charge < -0.3 is 19.3 Å². The van der Waals surface area contributed by atoms with Crippen LogP contribution in [-0.4, -0.2) is 65.3 Å². The van der Waals surface area contributed by atoms with Gasteiger partial charge in [0.25, 0.3) is 0 Å². The number of hydrogen-bond donors (Lipinski definition) is 0. The highest BCUT2D eigenvalue weighted by molar-refractivity contribution is 5.73. The van der Waals surface area contributed by atoms with Gasteiger partial charge in [-0.2, -0.15) is 0 Å². The summed E-state index contributed by atoms with van der Waals surface area (Å²) in [5, 5.41) is 0. The van der Waals surface area contributed by atoms with Crippen LogP contribution in [0.1, 0.15) is 54.4 Å². The Kier molecular flexibility index (Phi) is 5.47. The van der Waals surface area contributed by atoms with Crippen LogP contribution < -0.4 is 0 Å². The molecule has 2 aliphatic heterocycles. The molecule has 6 heteroatoms. The zero-order valence-corrected chi connectivity index (χ0v) is 15.9. The Morgan fingerprint density at radius 3 is 2.21 bits per heavy atom. The van der Waals surface area contributed by atoms with Gasteiger partial charge >= 0.3 is 6.09 Å². The predicted molar refractivity (Wildman–Crippen MR) is 91.7 cm³/mol. The first-order chi connectivity index (χ1) is 11.0. The number of piperidine rings is 1. The lowest BCUT2D eigenvalue weighted by molar-refractivity contribution is -0.190. The second-order valence-electron chi connectivity index (χ2n) is 8.45. The Bertz CT molecular complexity index is 476. The highest BCUT2D eigenvalue weighted by Crippen LogP contribution is 2.34. The molecule has 24 heavy (non-hydrogen) atoms. The molecule has 1 atom stereocenters. The second-order valence-corrected chi connectivity index (χ2v) is 8.45. The summed E-state index contributed by atoms with van der Waals surface area (Å²) < 4.78 is 11.9. The SMILES string of the molecule is CC(=O)N1CC(C(C)C)OC2(CCN(C(=O)OC(C)(C)C)CC2)C1. The van der Waals surface area contributed by atoms with Crippen molar-refractivity contribution in [1.82, 2.24) is 9.80 Å². The molecular formula is C18H32N2O4. The topological polar surface area (TPSA) is 59.1 Å². The quantitative estimate of drug-likeness (QED) is 0.736. The number of ether oxygens (including phenoxy) is 2. The summed E-state index contributed by atoms with van der Waals surface area (Å²) in [5.74, 6) is 0.450. The van der Waals surface area contributed by atoms with Crippen LogP contribution in [0.4, 0.5) is 4.79 Å². The van der Waals surface area contributed by atoms with Crippen molar-refractivity contribution in [3.05, 3.63) is 0 Å². The van der Waals surface area contributed by atoms with Crippen molar-refractivity contribution in [3.8, 4) is 0 Å².